The molecule has 4 nitrogen and oxygen atoms in total. The zero-order valence-corrected chi connectivity index (χ0v) is 15.1. The van der Waals surface area contributed by atoms with Gasteiger partial charge in [-0.05, 0) is 43.9 Å². The molecule has 0 radical (unpaired) electrons. The monoisotopic (exact) mass is 367 g/mol. The minimum absolute atomic E-state index is 0.406. The summed E-state index contributed by atoms with van der Waals surface area (Å²) in [6.45, 7) is 5.56. The number of nitrogens with one attached hydrogen (secondary N) is 1. The third-order valence-electron chi connectivity index (χ3n) is 3.77. The van der Waals surface area contributed by atoms with Gasteiger partial charge in [0.2, 0.25) is 0 Å². The van der Waals surface area contributed by atoms with Crippen molar-refractivity contribution in [3.63, 3.8) is 0 Å². The molecule has 0 aromatic heterocycles. The van der Waals surface area contributed by atoms with Crippen molar-refractivity contribution in [1.82, 2.24) is 10.2 Å². The van der Waals surface area contributed by atoms with Crippen LogP contribution in [0, 0.1) is 0 Å². The Kier molecular flexibility index (Phi) is 7.19. The number of nitrogens with zero attached hydrogens (tertiary/aromatic N) is 2. The molecule has 1 N–H and O–H groups in total. The first-order chi connectivity index (χ1) is 10.7. The summed E-state index contributed by atoms with van der Waals surface area (Å²) in [5.74, 6) is 0.961. The number of ether oxygens (including phenoxy) is 1. The van der Waals surface area contributed by atoms with Crippen molar-refractivity contribution in [3.05, 3.63) is 34.3 Å². The molecule has 0 saturated carbocycles. The van der Waals surface area contributed by atoms with E-state index in [4.69, 9.17) is 9.73 Å². The molecule has 0 aliphatic carbocycles. The van der Waals surface area contributed by atoms with E-state index in [-0.39, 0.29) is 0 Å². The fraction of sp³-hybridized carbons (Fsp3) is 0.588. The lowest BCUT2D eigenvalue weighted by molar-refractivity contribution is 0.106. The molecule has 1 heterocycles. The molecule has 1 fully saturated rings. The number of halogens is 1. The first-order valence-electron chi connectivity index (χ1n) is 8.04. The van der Waals surface area contributed by atoms with Crippen LogP contribution in [0.4, 0.5) is 0 Å². The van der Waals surface area contributed by atoms with Crippen LogP contribution in [0.2, 0.25) is 0 Å². The largest absolute Gasteiger partial charge is 0.378 e. The van der Waals surface area contributed by atoms with E-state index in [2.05, 4.69) is 64.4 Å². The van der Waals surface area contributed by atoms with Crippen molar-refractivity contribution < 1.29 is 4.74 Å². The minimum atomic E-state index is 0.406. The molecule has 1 aromatic carbocycles. The molecule has 1 aromatic rings. The molecule has 122 valence electrons. The maximum absolute atomic E-state index is 5.65. The molecule has 1 atom stereocenters. The summed E-state index contributed by atoms with van der Waals surface area (Å²) in [5.41, 5.74) is 1.27. The Balaban J connectivity index is 1.88. The van der Waals surface area contributed by atoms with Crippen LogP contribution in [0.25, 0.3) is 0 Å². The van der Waals surface area contributed by atoms with Gasteiger partial charge in [-0.2, -0.15) is 0 Å². The number of guanidine groups is 1. The summed E-state index contributed by atoms with van der Waals surface area (Å²) >= 11 is 3.47. The number of benzene rings is 1. The second kappa shape index (κ2) is 9.16. The van der Waals surface area contributed by atoms with Crippen molar-refractivity contribution in [1.29, 1.82) is 0 Å². The molecule has 0 bridgehead atoms. The summed E-state index contributed by atoms with van der Waals surface area (Å²) in [4.78, 5) is 6.90. The van der Waals surface area contributed by atoms with E-state index in [0.717, 1.165) is 43.1 Å². The standard InChI is InChI=1S/C17H26BrN3O/c1-3-19-17(20-11-10-16-5-4-12-22-16)21(2)13-14-6-8-15(18)9-7-14/h6-9,16H,3-5,10-13H2,1-2H3,(H,19,20). The van der Waals surface area contributed by atoms with Crippen molar-refractivity contribution in [2.24, 2.45) is 4.99 Å². The summed E-state index contributed by atoms with van der Waals surface area (Å²) in [7, 11) is 2.08. The van der Waals surface area contributed by atoms with Gasteiger partial charge in [-0.1, -0.05) is 28.1 Å². The first-order valence-corrected chi connectivity index (χ1v) is 8.84. The van der Waals surface area contributed by atoms with E-state index in [1.54, 1.807) is 0 Å². The minimum Gasteiger partial charge on any atom is -0.378 e. The van der Waals surface area contributed by atoms with E-state index < -0.39 is 0 Å². The average molecular weight is 368 g/mol. The lowest BCUT2D eigenvalue weighted by Crippen LogP contribution is -2.38. The Morgan fingerprint density at radius 1 is 1.41 bits per heavy atom. The van der Waals surface area contributed by atoms with Gasteiger partial charge in [-0.25, -0.2) is 0 Å². The maximum atomic E-state index is 5.65. The number of aliphatic imine (C=N–C) groups is 1. The van der Waals surface area contributed by atoms with Crippen molar-refractivity contribution in [3.8, 4) is 0 Å². The van der Waals surface area contributed by atoms with Gasteiger partial charge in [0.25, 0.3) is 0 Å². The molecule has 1 saturated heterocycles. The Hall–Kier alpha value is -1.07. The highest BCUT2D eigenvalue weighted by Gasteiger charge is 2.15. The molecule has 0 spiro atoms. The SMILES string of the molecule is CCNC(=NCCC1CCCO1)N(C)Cc1ccc(Br)cc1. The second-order valence-electron chi connectivity index (χ2n) is 5.64. The van der Waals surface area contributed by atoms with Gasteiger partial charge in [0.15, 0.2) is 5.96 Å². The van der Waals surface area contributed by atoms with Crippen molar-refractivity contribution in [2.75, 3.05) is 26.7 Å². The van der Waals surface area contributed by atoms with E-state index in [9.17, 15) is 0 Å². The third-order valence-corrected chi connectivity index (χ3v) is 4.29. The van der Waals surface area contributed by atoms with Crippen LogP contribution in [-0.4, -0.2) is 43.7 Å². The fourth-order valence-electron chi connectivity index (χ4n) is 2.59. The zero-order valence-electron chi connectivity index (χ0n) is 13.5. The summed E-state index contributed by atoms with van der Waals surface area (Å²) in [5, 5.41) is 3.37. The number of hydrogen-bond acceptors (Lipinski definition) is 2. The first kappa shape index (κ1) is 17.3. The van der Waals surface area contributed by atoms with Gasteiger partial charge in [0.1, 0.15) is 0 Å². The maximum Gasteiger partial charge on any atom is 0.193 e. The molecule has 0 amide bonds. The van der Waals surface area contributed by atoms with E-state index in [1.807, 2.05) is 0 Å². The van der Waals surface area contributed by atoms with E-state index in [1.165, 1.54) is 18.4 Å². The Bertz CT molecular complexity index is 469. The molecular formula is C17H26BrN3O. The quantitative estimate of drug-likeness (QED) is 0.618. The van der Waals surface area contributed by atoms with Crippen LogP contribution in [0.3, 0.4) is 0 Å². The van der Waals surface area contributed by atoms with Gasteiger partial charge in [0, 0.05) is 37.8 Å². The highest BCUT2D eigenvalue weighted by Crippen LogP contribution is 2.15. The van der Waals surface area contributed by atoms with E-state index in [0.29, 0.717) is 6.10 Å². The van der Waals surface area contributed by atoms with Crippen LogP contribution in [0.15, 0.2) is 33.7 Å². The fourth-order valence-corrected chi connectivity index (χ4v) is 2.86. The van der Waals surface area contributed by atoms with E-state index >= 15 is 0 Å². The Morgan fingerprint density at radius 2 is 2.18 bits per heavy atom. The lowest BCUT2D eigenvalue weighted by Gasteiger charge is -2.22. The topological polar surface area (TPSA) is 36.9 Å². The number of hydrogen-bond donors (Lipinski definition) is 1. The highest BCUT2D eigenvalue weighted by molar-refractivity contribution is 9.10. The van der Waals surface area contributed by atoms with Crippen LogP contribution >= 0.6 is 15.9 Å². The third kappa shape index (κ3) is 5.61. The Morgan fingerprint density at radius 3 is 2.82 bits per heavy atom. The van der Waals surface area contributed by atoms with Crippen LogP contribution in [0.5, 0.6) is 0 Å². The normalized spacial score (nSPS) is 18.5. The van der Waals surface area contributed by atoms with Gasteiger partial charge in [-0.15, -0.1) is 0 Å². The summed E-state index contributed by atoms with van der Waals surface area (Å²) in [6.07, 6.45) is 3.79. The predicted molar refractivity (Wildman–Crippen MR) is 95.2 cm³/mol. The highest BCUT2D eigenvalue weighted by atomic mass is 79.9. The molecule has 1 unspecified atom stereocenters. The van der Waals surface area contributed by atoms with Crippen molar-refractivity contribution >= 4 is 21.9 Å². The molecule has 22 heavy (non-hydrogen) atoms. The second-order valence-corrected chi connectivity index (χ2v) is 6.56. The number of rotatable bonds is 6. The molecule has 5 heteroatoms. The van der Waals surface area contributed by atoms with Crippen LogP contribution in [-0.2, 0) is 11.3 Å². The van der Waals surface area contributed by atoms with Crippen LogP contribution in [0.1, 0.15) is 31.7 Å². The van der Waals surface area contributed by atoms with Crippen molar-refractivity contribution in [2.45, 2.75) is 38.8 Å². The molecule has 1 aliphatic rings. The summed E-state index contributed by atoms with van der Waals surface area (Å²) < 4.78 is 6.76. The molecular weight excluding hydrogens is 342 g/mol. The summed E-state index contributed by atoms with van der Waals surface area (Å²) in [6, 6.07) is 8.42. The molecule has 1 aliphatic heterocycles. The zero-order chi connectivity index (χ0) is 15.8. The lowest BCUT2D eigenvalue weighted by atomic mass is 10.2. The predicted octanol–water partition coefficient (Wildman–Crippen LogP) is 3.42. The van der Waals surface area contributed by atoms with Gasteiger partial charge < -0.3 is 15.0 Å². The van der Waals surface area contributed by atoms with Crippen LogP contribution < -0.4 is 5.32 Å². The molecule has 2 rings (SSSR count). The average Bonchev–Trinajstić information content (AvgIpc) is 3.02. The van der Waals surface area contributed by atoms with Gasteiger partial charge >= 0.3 is 0 Å². The van der Waals surface area contributed by atoms with Gasteiger partial charge in [0.05, 0.1) is 6.10 Å². The Labute approximate surface area is 142 Å². The van der Waals surface area contributed by atoms with Gasteiger partial charge in [-0.3, -0.25) is 4.99 Å². The smallest absolute Gasteiger partial charge is 0.193 e.